The molecule has 0 saturated carbocycles. The van der Waals surface area contributed by atoms with Crippen LogP contribution in [0.4, 0.5) is 0 Å². The zero-order chi connectivity index (χ0) is 12.8. The molecule has 1 unspecified atom stereocenters. The van der Waals surface area contributed by atoms with Crippen molar-refractivity contribution >= 4 is 11.6 Å². The molecule has 1 aromatic rings. The first kappa shape index (κ1) is 13.6. The van der Waals surface area contributed by atoms with Gasteiger partial charge in [0.1, 0.15) is 5.78 Å². The first-order valence-corrected chi connectivity index (χ1v) is 6.14. The number of carbonyl (C=O) groups excluding carboxylic acids is 2. The van der Waals surface area contributed by atoms with Gasteiger partial charge in [-0.15, -0.1) is 0 Å². The fourth-order valence-electron chi connectivity index (χ4n) is 1.67. The molecule has 0 heterocycles. The number of carbonyl (C=O) groups is 2. The predicted octanol–water partition coefficient (Wildman–Crippen LogP) is 3.51. The van der Waals surface area contributed by atoms with Crippen LogP contribution < -0.4 is 0 Å². The molecule has 2 heteroatoms. The Balaban J connectivity index is 2.51. The minimum absolute atomic E-state index is 0.0639. The van der Waals surface area contributed by atoms with Crippen LogP contribution >= 0.6 is 0 Å². The van der Waals surface area contributed by atoms with Crippen LogP contribution in [0.1, 0.15) is 44.0 Å². The molecule has 0 bridgehead atoms. The van der Waals surface area contributed by atoms with Crippen LogP contribution in [0, 0.1) is 11.8 Å². The Morgan fingerprint density at radius 1 is 1.06 bits per heavy atom. The maximum Gasteiger partial charge on any atom is 0.165 e. The summed E-state index contributed by atoms with van der Waals surface area (Å²) in [7, 11) is 0. The van der Waals surface area contributed by atoms with Crippen LogP contribution in [-0.2, 0) is 4.79 Å². The second-order valence-electron chi connectivity index (χ2n) is 4.79. The third kappa shape index (κ3) is 4.14. The molecule has 92 valence electrons. The van der Waals surface area contributed by atoms with E-state index in [0.717, 1.165) is 5.56 Å². The number of benzene rings is 1. The van der Waals surface area contributed by atoms with Crippen molar-refractivity contribution in [3.63, 3.8) is 0 Å². The maximum atomic E-state index is 12.0. The molecule has 0 aliphatic rings. The van der Waals surface area contributed by atoms with Crippen LogP contribution in [0.3, 0.4) is 0 Å². The molecule has 0 saturated heterocycles. The van der Waals surface area contributed by atoms with E-state index in [1.807, 2.05) is 51.1 Å². The summed E-state index contributed by atoms with van der Waals surface area (Å²) in [5.74, 6) is 0.342. The van der Waals surface area contributed by atoms with Crippen molar-refractivity contribution in [3.05, 3.63) is 35.9 Å². The van der Waals surface area contributed by atoms with Gasteiger partial charge in [-0.3, -0.25) is 9.59 Å². The van der Waals surface area contributed by atoms with Gasteiger partial charge in [-0.2, -0.15) is 0 Å². The molecule has 0 aliphatic carbocycles. The lowest BCUT2D eigenvalue weighted by Crippen LogP contribution is -2.15. The normalized spacial score (nSPS) is 12.5. The first-order chi connectivity index (χ1) is 8.02. The van der Waals surface area contributed by atoms with E-state index >= 15 is 0 Å². The van der Waals surface area contributed by atoms with E-state index in [0.29, 0.717) is 12.8 Å². The van der Waals surface area contributed by atoms with E-state index in [1.54, 1.807) is 0 Å². The Hall–Kier alpha value is -1.44. The fourth-order valence-corrected chi connectivity index (χ4v) is 1.67. The summed E-state index contributed by atoms with van der Waals surface area (Å²) in [5, 5.41) is 0. The average Bonchev–Trinajstić information content (AvgIpc) is 2.35. The molecule has 0 aliphatic heterocycles. The Bertz CT molecular complexity index is 379. The van der Waals surface area contributed by atoms with Crippen LogP contribution in [0.5, 0.6) is 0 Å². The van der Waals surface area contributed by atoms with E-state index in [1.165, 1.54) is 0 Å². The molecule has 0 amide bonds. The van der Waals surface area contributed by atoms with Gasteiger partial charge in [0.2, 0.25) is 0 Å². The predicted molar refractivity (Wildman–Crippen MR) is 69.0 cm³/mol. The highest BCUT2D eigenvalue weighted by Crippen LogP contribution is 2.15. The van der Waals surface area contributed by atoms with Crippen molar-refractivity contribution < 1.29 is 9.59 Å². The monoisotopic (exact) mass is 232 g/mol. The third-order valence-electron chi connectivity index (χ3n) is 2.97. The number of Topliss-reactive ketones (excluding diaryl/α,β-unsaturated/α-hetero) is 2. The van der Waals surface area contributed by atoms with E-state index < -0.39 is 0 Å². The lowest BCUT2D eigenvalue weighted by atomic mass is 9.92. The molecule has 1 aromatic carbocycles. The highest BCUT2D eigenvalue weighted by molar-refractivity contribution is 5.97. The Morgan fingerprint density at radius 3 is 2.18 bits per heavy atom. The quantitative estimate of drug-likeness (QED) is 0.703. The van der Waals surface area contributed by atoms with E-state index in [-0.39, 0.29) is 23.4 Å². The van der Waals surface area contributed by atoms with Gasteiger partial charge in [0.25, 0.3) is 0 Å². The second kappa shape index (κ2) is 6.33. The lowest BCUT2D eigenvalue weighted by molar-refractivity contribution is -0.122. The Kier molecular flexibility index (Phi) is 5.08. The molecule has 1 rings (SSSR count). The lowest BCUT2D eigenvalue weighted by Gasteiger charge is -2.10. The molecule has 17 heavy (non-hydrogen) atoms. The molecule has 0 spiro atoms. The number of hydrogen-bond acceptors (Lipinski definition) is 2. The molecule has 0 radical (unpaired) electrons. The fraction of sp³-hybridized carbons (Fsp3) is 0.467. The number of ketones is 2. The SMILES string of the molecule is CC(C)C(=O)CCC(C)C(=O)c1ccccc1. The standard InChI is InChI=1S/C15H20O2/c1-11(2)14(16)10-9-12(3)15(17)13-7-5-4-6-8-13/h4-8,11-12H,9-10H2,1-3H3. The molecular formula is C15H20O2. The average molecular weight is 232 g/mol. The van der Waals surface area contributed by atoms with Gasteiger partial charge < -0.3 is 0 Å². The van der Waals surface area contributed by atoms with Crippen LogP contribution in [0.2, 0.25) is 0 Å². The molecular weight excluding hydrogens is 212 g/mol. The summed E-state index contributed by atoms with van der Waals surface area (Å²) in [6.07, 6.45) is 1.14. The summed E-state index contributed by atoms with van der Waals surface area (Å²) in [6.45, 7) is 5.68. The Morgan fingerprint density at radius 2 is 1.65 bits per heavy atom. The summed E-state index contributed by atoms with van der Waals surface area (Å²) < 4.78 is 0. The van der Waals surface area contributed by atoms with Crippen LogP contribution in [0.15, 0.2) is 30.3 Å². The van der Waals surface area contributed by atoms with Crippen LogP contribution in [-0.4, -0.2) is 11.6 Å². The van der Waals surface area contributed by atoms with Crippen molar-refractivity contribution in [2.24, 2.45) is 11.8 Å². The summed E-state index contributed by atoms with van der Waals surface area (Å²) in [5.41, 5.74) is 0.733. The first-order valence-electron chi connectivity index (χ1n) is 6.14. The zero-order valence-corrected chi connectivity index (χ0v) is 10.8. The highest BCUT2D eigenvalue weighted by Gasteiger charge is 2.17. The molecule has 1 atom stereocenters. The Labute approximate surface area is 103 Å². The van der Waals surface area contributed by atoms with E-state index in [4.69, 9.17) is 0 Å². The zero-order valence-electron chi connectivity index (χ0n) is 10.8. The summed E-state index contributed by atoms with van der Waals surface area (Å²) in [6, 6.07) is 9.26. The molecule has 0 fully saturated rings. The second-order valence-corrected chi connectivity index (χ2v) is 4.79. The van der Waals surface area contributed by atoms with Crippen molar-refractivity contribution in [2.75, 3.05) is 0 Å². The minimum Gasteiger partial charge on any atom is -0.299 e. The van der Waals surface area contributed by atoms with E-state index in [9.17, 15) is 9.59 Å². The highest BCUT2D eigenvalue weighted by atomic mass is 16.1. The van der Waals surface area contributed by atoms with Gasteiger partial charge in [0, 0.05) is 23.8 Å². The smallest absolute Gasteiger partial charge is 0.165 e. The summed E-state index contributed by atoms with van der Waals surface area (Å²) >= 11 is 0. The maximum absolute atomic E-state index is 12.0. The van der Waals surface area contributed by atoms with Crippen molar-refractivity contribution in [1.29, 1.82) is 0 Å². The van der Waals surface area contributed by atoms with Gasteiger partial charge in [-0.05, 0) is 6.42 Å². The van der Waals surface area contributed by atoms with Crippen molar-refractivity contribution in [1.82, 2.24) is 0 Å². The largest absolute Gasteiger partial charge is 0.299 e. The topological polar surface area (TPSA) is 34.1 Å². The molecule has 0 aromatic heterocycles. The third-order valence-corrected chi connectivity index (χ3v) is 2.97. The molecule has 0 N–H and O–H groups in total. The van der Waals surface area contributed by atoms with Crippen molar-refractivity contribution in [2.45, 2.75) is 33.6 Å². The number of hydrogen-bond donors (Lipinski definition) is 0. The van der Waals surface area contributed by atoms with Gasteiger partial charge in [0.15, 0.2) is 5.78 Å². The van der Waals surface area contributed by atoms with E-state index in [2.05, 4.69) is 0 Å². The van der Waals surface area contributed by atoms with Crippen LogP contribution in [0.25, 0.3) is 0 Å². The van der Waals surface area contributed by atoms with Gasteiger partial charge in [-0.1, -0.05) is 51.1 Å². The van der Waals surface area contributed by atoms with Gasteiger partial charge in [0.05, 0.1) is 0 Å². The number of rotatable bonds is 6. The summed E-state index contributed by atoms with van der Waals surface area (Å²) in [4.78, 5) is 23.5. The van der Waals surface area contributed by atoms with Crippen molar-refractivity contribution in [3.8, 4) is 0 Å². The minimum atomic E-state index is -0.0832. The molecule has 2 nitrogen and oxygen atoms in total. The van der Waals surface area contributed by atoms with Gasteiger partial charge >= 0.3 is 0 Å². The van der Waals surface area contributed by atoms with Gasteiger partial charge in [-0.25, -0.2) is 0 Å².